The molecule has 0 amide bonds. The molecule has 1 unspecified atom stereocenters. The Kier molecular flexibility index (Phi) is 5.45. The molecule has 0 radical (unpaired) electrons. The largest absolute Gasteiger partial charge is 0.490 e. The molecule has 19 heavy (non-hydrogen) atoms. The fraction of sp³-hybridized carbons (Fsp3) is 0.667. The van der Waals surface area contributed by atoms with Crippen molar-refractivity contribution in [3.8, 4) is 5.75 Å². The molecule has 1 aromatic heterocycles. The first-order valence-corrected chi connectivity index (χ1v) is 7.41. The highest BCUT2D eigenvalue weighted by atomic mass is 16.5. The minimum Gasteiger partial charge on any atom is -0.490 e. The third kappa shape index (κ3) is 3.83. The van der Waals surface area contributed by atoms with Crippen molar-refractivity contribution in [2.24, 2.45) is 0 Å². The number of pyridine rings is 1. The van der Waals surface area contributed by atoms with Gasteiger partial charge in [-0.1, -0.05) is 6.92 Å². The van der Waals surface area contributed by atoms with Crippen LogP contribution in [0.3, 0.4) is 0 Å². The molecule has 1 saturated heterocycles. The number of hydrogen-bond donors (Lipinski definition) is 1. The molecule has 1 atom stereocenters. The van der Waals surface area contributed by atoms with Gasteiger partial charge in [-0.25, -0.2) is 4.98 Å². The van der Waals surface area contributed by atoms with Gasteiger partial charge in [0.25, 0.3) is 0 Å². The highest BCUT2D eigenvalue weighted by Crippen LogP contribution is 2.27. The Hall–Kier alpha value is -1.29. The lowest BCUT2D eigenvalue weighted by Crippen LogP contribution is -2.46. The molecule has 2 heterocycles. The molecule has 4 nitrogen and oxygen atoms in total. The molecule has 2 rings (SSSR count). The monoisotopic (exact) mass is 263 g/mol. The summed E-state index contributed by atoms with van der Waals surface area (Å²) in [5.74, 6) is 1.90. The summed E-state index contributed by atoms with van der Waals surface area (Å²) in [5.41, 5.74) is 0. The van der Waals surface area contributed by atoms with Crippen LogP contribution in [-0.2, 0) is 0 Å². The van der Waals surface area contributed by atoms with E-state index in [0.29, 0.717) is 12.6 Å². The first-order valence-electron chi connectivity index (χ1n) is 7.41. The number of hydrogen-bond acceptors (Lipinski definition) is 4. The van der Waals surface area contributed by atoms with E-state index in [-0.39, 0.29) is 0 Å². The quantitative estimate of drug-likeness (QED) is 0.855. The van der Waals surface area contributed by atoms with Gasteiger partial charge < -0.3 is 15.0 Å². The van der Waals surface area contributed by atoms with Gasteiger partial charge in [0.05, 0.1) is 6.61 Å². The van der Waals surface area contributed by atoms with Gasteiger partial charge in [0.1, 0.15) is 0 Å². The third-order valence-corrected chi connectivity index (χ3v) is 3.45. The number of anilines is 1. The molecule has 0 bridgehead atoms. The molecule has 106 valence electrons. The van der Waals surface area contributed by atoms with Crippen LogP contribution in [0.4, 0.5) is 5.82 Å². The topological polar surface area (TPSA) is 37.4 Å². The maximum absolute atomic E-state index is 5.68. The van der Waals surface area contributed by atoms with Crippen LogP contribution in [0.15, 0.2) is 18.3 Å². The molecule has 1 aromatic rings. The molecule has 4 heteroatoms. The average Bonchev–Trinajstić information content (AvgIpc) is 2.46. The molecule has 0 saturated carbocycles. The maximum Gasteiger partial charge on any atom is 0.171 e. The van der Waals surface area contributed by atoms with E-state index in [1.165, 1.54) is 19.3 Å². The standard InChI is InChI=1S/C15H25N3O/c1-3-9-16-13-7-6-11-18(12-13)15-14(19-4-2)8-5-10-17-15/h5,8,10,13,16H,3-4,6-7,9,11-12H2,1-2H3. The second-order valence-corrected chi connectivity index (χ2v) is 5.00. The lowest BCUT2D eigenvalue weighted by atomic mass is 10.1. The van der Waals surface area contributed by atoms with E-state index >= 15 is 0 Å². The van der Waals surface area contributed by atoms with Crippen molar-refractivity contribution in [3.63, 3.8) is 0 Å². The molecule has 1 aliphatic heterocycles. The number of rotatable bonds is 6. The predicted molar refractivity (Wildman–Crippen MR) is 78.9 cm³/mol. The number of ether oxygens (including phenoxy) is 1. The lowest BCUT2D eigenvalue weighted by molar-refractivity contribution is 0.336. The van der Waals surface area contributed by atoms with Gasteiger partial charge in [-0.3, -0.25) is 0 Å². The number of nitrogens with one attached hydrogen (secondary N) is 1. The summed E-state index contributed by atoms with van der Waals surface area (Å²) in [4.78, 5) is 6.86. The fourth-order valence-electron chi connectivity index (χ4n) is 2.57. The van der Waals surface area contributed by atoms with Crippen molar-refractivity contribution < 1.29 is 4.74 Å². The van der Waals surface area contributed by atoms with Crippen LogP contribution in [0, 0.1) is 0 Å². The number of nitrogens with zero attached hydrogens (tertiary/aromatic N) is 2. The third-order valence-electron chi connectivity index (χ3n) is 3.45. The van der Waals surface area contributed by atoms with Crippen molar-refractivity contribution in [2.75, 3.05) is 31.1 Å². The summed E-state index contributed by atoms with van der Waals surface area (Å²) >= 11 is 0. The van der Waals surface area contributed by atoms with Gasteiger partial charge in [-0.05, 0) is 44.9 Å². The van der Waals surface area contributed by atoms with Crippen LogP contribution in [0.25, 0.3) is 0 Å². The highest BCUT2D eigenvalue weighted by molar-refractivity contribution is 5.52. The number of piperidine rings is 1. The Morgan fingerprint density at radius 1 is 1.47 bits per heavy atom. The zero-order chi connectivity index (χ0) is 13.5. The van der Waals surface area contributed by atoms with Gasteiger partial charge in [-0.15, -0.1) is 0 Å². The normalized spacial score (nSPS) is 19.5. The van der Waals surface area contributed by atoms with E-state index in [0.717, 1.165) is 31.2 Å². The highest BCUT2D eigenvalue weighted by Gasteiger charge is 2.22. The molecular formula is C15H25N3O. The molecule has 0 aromatic carbocycles. The zero-order valence-electron chi connectivity index (χ0n) is 12.1. The Morgan fingerprint density at radius 2 is 2.37 bits per heavy atom. The fourth-order valence-corrected chi connectivity index (χ4v) is 2.57. The summed E-state index contributed by atoms with van der Waals surface area (Å²) < 4.78 is 5.68. The average molecular weight is 263 g/mol. The summed E-state index contributed by atoms with van der Waals surface area (Å²) in [6.07, 6.45) is 5.50. The van der Waals surface area contributed by atoms with Crippen LogP contribution < -0.4 is 15.0 Å². The number of aromatic nitrogens is 1. The van der Waals surface area contributed by atoms with E-state index in [4.69, 9.17) is 4.74 Å². The molecular weight excluding hydrogens is 238 g/mol. The van der Waals surface area contributed by atoms with Crippen molar-refractivity contribution in [1.29, 1.82) is 0 Å². The van der Waals surface area contributed by atoms with Crippen LogP contribution in [-0.4, -0.2) is 37.3 Å². The van der Waals surface area contributed by atoms with Crippen LogP contribution in [0.2, 0.25) is 0 Å². The zero-order valence-corrected chi connectivity index (χ0v) is 12.1. The summed E-state index contributed by atoms with van der Waals surface area (Å²) in [5, 5.41) is 3.61. The van der Waals surface area contributed by atoms with Crippen molar-refractivity contribution in [2.45, 2.75) is 39.2 Å². The summed E-state index contributed by atoms with van der Waals surface area (Å²) in [6, 6.07) is 4.52. The minimum atomic E-state index is 0.574. The van der Waals surface area contributed by atoms with Gasteiger partial charge in [-0.2, -0.15) is 0 Å². The lowest BCUT2D eigenvalue weighted by Gasteiger charge is -2.34. The first kappa shape index (κ1) is 14.1. The maximum atomic E-state index is 5.68. The van der Waals surface area contributed by atoms with Crippen LogP contribution >= 0.6 is 0 Å². The molecule has 1 fully saturated rings. The second-order valence-electron chi connectivity index (χ2n) is 5.00. The molecule has 1 N–H and O–H groups in total. The molecule has 1 aliphatic rings. The predicted octanol–water partition coefficient (Wildman–Crippen LogP) is 2.45. The molecule has 0 spiro atoms. The van der Waals surface area contributed by atoms with Gasteiger partial charge in [0.2, 0.25) is 0 Å². The van der Waals surface area contributed by atoms with Gasteiger partial charge >= 0.3 is 0 Å². The molecule has 0 aliphatic carbocycles. The van der Waals surface area contributed by atoms with E-state index < -0.39 is 0 Å². The minimum absolute atomic E-state index is 0.574. The Balaban J connectivity index is 2.04. The van der Waals surface area contributed by atoms with Crippen LogP contribution in [0.5, 0.6) is 5.75 Å². The smallest absolute Gasteiger partial charge is 0.171 e. The van der Waals surface area contributed by atoms with Gasteiger partial charge in [0, 0.05) is 25.3 Å². The van der Waals surface area contributed by atoms with E-state index in [1.54, 1.807) is 0 Å². The van der Waals surface area contributed by atoms with Crippen molar-refractivity contribution in [1.82, 2.24) is 10.3 Å². The van der Waals surface area contributed by atoms with Crippen LogP contribution in [0.1, 0.15) is 33.1 Å². The van der Waals surface area contributed by atoms with Gasteiger partial charge in [0.15, 0.2) is 11.6 Å². The Morgan fingerprint density at radius 3 is 3.16 bits per heavy atom. The summed E-state index contributed by atoms with van der Waals surface area (Å²) in [6.45, 7) is 8.10. The van der Waals surface area contributed by atoms with Crippen molar-refractivity contribution >= 4 is 5.82 Å². The Labute approximate surface area is 116 Å². The van der Waals surface area contributed by atoms with E-state index in [2.05, 4.69) is 22.1 Å². The van der Waals surface area contributed by atoms with Crippen molar-refractivity contribution in [3.05, 3.63) is 18.3 Å². The second kappa shape index (κ2) is 7.34. The Bertz CT molecular complexity index is 383. The summed E-state index contributed by atoms with van der Waals surface area (Å²) in [7, 11) is 0. The first-order chi connectivity index (χ1) is 9.35. The van der Waals surface area contributed by atoms with E-state index in [9.17, 15) is 0 Å². The SMILES string of the molecule is CCCNC1CCCN(c2ncccc2OCC)C1. The van der Waals surface area contributed by atoms with E-state index in [1.807, 2.05) is 25.3 Å².